The maximum Gasteiger partial charge on any atom is 0.309 e. The molecule has 1 N–H and O–H groups in total. The number of aliphatic hydroxyl groups excluding tert-OH is 1. The van der Waals surface area contributed by atoms with E-state index >= 15 is 0 Å². The predicted octanol–water partition coefficient (Wildman–Crippen LogP) is 1.39. The average molecular weight is 262 g/mol. The van der Waals surface area contributed by atoms with Crippen molar-refractivity contribution in [2.24, 2.45) is 17.3 Å². The fourth-order valence-corrected chi connectivity index (χ4v) is 3.84. The van der Waals surface area contributed by atoms with Crippen LogP contribution in [0.5, 0.6) is 0 Å². The molecule has 1 aliphatic heterocycles. The summed E-state index contributed by atoms with van der Waals surface area (Å²) in [6.45, 7) is 5.56. The van der Waals surface area contributed by atoms with Crippen molar-refractivity contribution in [2.45, 2.75) is 39.4 Å². The zero-order chi connectivity index (χ0) is 13.9. The average Bonchev–Trinajstić information content (AvgIpc) is 2.61. The van der Waals surface area contributed by atoms with E-state index in [4.69, 9.17) is 4.74 Å². The molecule has 4 heteroatoms. The summed E-state index contributed by atoms with van der Waals surface area (Å²) in [7, 11) is 0. The largest absolute Gasteiger partial charge is 0.457 e. The number of aliphatic hydroxyl groups is 1. The first-order valence-electron chi connectivity index (χ1n) is 6.68. The zero-order valence-electron chi connectivity index (χ0n) is 11.3. The van der Waals surface area contributed by atoms with Crippen LogP contribution in [0.2, 0.25) is 0 Å². The van der Waals surface area contributed by atoms with Crippen LogP contribution in [-0.2, 0) is 14.3 Å². The van der Waals surface area contributed by atoms with E-state index in [-0.39, 0.29) is 29.0 Å². The highest BCUT2D eigenvalue weighted by atomic mass is 16.6. The Morgan fingerprint density at radius 3 is 2.79 bits per heavy atom. The molecular weight excluding hydrogens is 244 g/mol. The smallest absolute Gasteiger partial charge is 0.309 e. The highest BCUT2D eigenvalue weighted by Gasteiger charge is 2.56. The minimum atomic E-state index is -0.578. The molecule has 2 fully saturated rings. The van der Waals surface area contributed by atoms with Crippen LogP contribution >= 0.6 is 0 Å². The van der Waals surface area contributed by atoms with Crippen molar-refractivity contribution < 1.29 is 19.4 Å². The molecule has 0 unspecified atom stereocenters. The van der Waals surface area contributed by atoms with Crippen LogP contribution in [0.15, 0.2) is 23.3 Å². The summed E-state index contributed by atoms with van der Waals surface area (Å²) < 4.78 is 5.46. The molecule has 5 atom stereocenters. The standard InChI is InChI=1S/C15H18O4/c1-7-9(16)4-5-15(3)6-10(17)11-8(2)14(18)19-13(11)12(7)15/h4-5,8,10-11,13,17H,6H2,1-3H3/t8-,10+,11+,13-,15+/m0/s1. The summed E-state index contributed by atoms with van der Waals surface area (Å²) >= 11 is 0. The van der Waals surface area contributed by atoms with Gasteiger partial charge in [-0.05, 0) is 25.0 Å². The Hall–Kier alpha value is -1.42. The van der Waals surface area contributed by atoms with Gasteiger partial charge in [-0.25, -0.2) is 0 Å². The molecule has 3 rings (SSSR count). The Balaban J connectivity index is 2.14. The highest BCUT2D eigenvalue weighted by Crippen LogP contribution is 2.52. The number of allylic oxidation sites excluding steroid dienone is 3. The molecule has 1 saturated carbocycles. The first kappa shape index (κ1) is 12.6. The number of fused-ring (bicyclic) bond motifs is 3. The lowest BCUT2D eigenvalue weighted by Gasteiger charge is -2.45. The number of carbonyl (C=O) groups excluding carboxylic acids is 2. The van der Waals surface area contributed by atoms with Crippen molar-refractivity contribution in [3.63, 3.8) is 0 Å². The topological polar surface area (TPSA) is 63.6 Å². The third-order valence-corrected chi connectivity index (χ3v) is 4.90. The molecule has 19 heavy (non-hydrogen) atoms. The fraction of sp³-hybridized carbons (Fsp3) is 0.600. The molecule has 0 aromatic heterocycles. The molecule has 3 aliphatic rings. The van der Waals surface area contributed by atoms with Crippen LogP contribution in [0, 0.1) is 17.3 Å². The second-order valence-electron chi connectivity index (χ2n) is 6.15. The predicted molar refractivity (Wildman–Crippen MR) is 68.1 cm³/mol. The third kappa shape index (κ3) is 1.56. The summed E-state index contributed by atoms with van der Waals surface area (Å²) in [6, 6.07) is 0. The van der Waals surface area contributed by atoms with Crippen LogP contribution < -0.4 is 0 Å². The van der Waals surface area contributed by atoms with E-state index in [0.717, 1.165) is 5.57 Å². The van der Waals surface area contributed by atoms with Crippen LogP contribution in [-0.4, -0.2) is 29.1 Å². The van der Waals surface area contributed by atoms with E-state index < -0.39 is 12.2 Å². The summed E-state index contributed by atoms with van der Waals surface area (Å²) in [6.07, 6.45) is 2.90. The molecular formula is C15H18O4. The van der Waals surface area contributed by atoms with Gasteiger partial charge in [-0.2, -0.15) is 0 Å². The first-order chi connectivity index (χ1) is 8.85. The van der Waals surface area contributed by atoms with Gasteiger partial charge >= 0.3 is 5.97 Å². The Morgan fingerprint density at radius 2 is 2.11 bits per heavy atom. The lowest BCUT2D eigenvalue weighted by Crippen LogP contribution is -2.47. The van der Waals surface area contributed by atoms with Crippen molar-refractivity contribution in [1.82, 2.24) is 0 Å². The Bertz CT molecular complexity index is 530. The number of carbonyl (C=O) groups is 2. The van der Waals surface area contributed by atoms with E-state index in [1.54, 1.807) is 19.9 Å². The number of ketones is 1. The lowest BCUT2D eigenvalue weighted by atomic mass is 9.60. The second kappa shape index (κ2) is 3.79. The molecule has 4 nitrogen and oxygen atoms in total. The van der Waals surface area contributed by atoms with Gasteiger partial charge in [-0.3, -0.25) is 9.59 Å². The highest BCUT2D eigenvalue weighted by molar-refractivity contribution is 6.05. The normalized spacial score (nSPS) is 45.1. The summed E-state index contributed by atoms with van der Waals surface area (Å²) in [5.41, 5.74) is 1.16. The zero-order valence-corrected chi connectivity index (χ0v) is 11.3. The van der Waals surface area contributed by atoms with Crippen molar-refractivity contribution in [1.29, 1.82) is 0 Å². The van der Waals surface area contributed by atoms with Crippen LogP contribution in [0.25, 0.3) is 0 Å². The number of rotatable bonds is 0. The molecule has 1 heterocycles. The Morgan fingerprint density at radius 1 is 1.42 bits per heavy atom. The van der Waals surface area contributed by atoms with Gasteiger partial charge in [0.05, 0.1) is 12.0 Å². The number of hydrogen-bond donors (Lipinski definition) is 1. The molecule has 1 saturated heterocycles. The van der Waals surface area contributed by atoms with Gasteiger partial charge in [0.1, 0.15) is 6.10 Å². The maximum atomic E-state index is 11.9. The molecule has 0 spiro atoms. The summed E-state index contributed by atoms with van der Waals surface area (Å²) in [5.74, 6) is -0.852. The van der Waals surface area contributed by atoms with E-state index in [2.05, 4.69) is 0 Å². The Labute approximate surface area is 112 Å². The maximum absolute atomic E-state index is 11.9. The van der Waals surface area contributed by atoms with Gasteiger partial charge in [0, 0.05) is 16.9 Å². The van der Waals surface area contributed by atoms with E-state index in [0.29, 0.717) is 12.0 Å². The van der Waals surface area contributed by atoms with E-state index in [1.165, 1.54) is 0 Å². The quantitative estimate of drug-likeness (QED) is 0.670. The van der Waals surface area contributed by atoms with E-state index in [9.17, 15) is 14.7 Å². The molecule has 102 valence electrons. The van der Waals surface area contributed by atoms with Crippen molar-refractivity contribution in [2.75, 3.05) is 0 Å². The molecule has 0 aromatic carbocycles. The van der Waals surface area contributed by atoms with Gasteiger partial charge in [-0.15, -0.1) is 0 Å². The van der Waals surface area contributed by atoms with Crippen molar-refractivity contribution in [3.05, 3.63) is 23.3 Å². The van der Waals surface area contributed by atoms with Crippen molar-refractivity contribution >= 4 is 11.8 Å². The minimum Gasteiger partial charge on any atom is -0.457 e. The first-order valence-corrected chi connectivity index (χ1v) is 6.68. The van der Waals surface area contributed by atoms with Gasteiger partial charge in [0.25, 0.3) is 0 Å². The molecule has 0 bridgehead atoms. The second-order valence-corrected chi connectivity index (χ2v) is 6.15. The lowest BCUT2D eigenvalue weighted by molar-refractivity contribution is -0.143. The number of hydrogen-bond acceptors (Lipinski definition) is 4. The van der Waals surface area contributed by atoms with Gasteiger partial charge in [0.2, 0.25) is 0 Å². The SMILES string of the molecule is CC1=C2[C@H]3OC(=O)[C@@H](C)[C@@H]3[C@H](O)C[C@@]2(C)C=CC1=O. The van der Waals surface area contributed by atoms with Crippen LogP contribution in [0.4, 0.5) is 0 Å². The summed E-state index contributed by atoms with van der Waals surface area (Å²) in [4.78, 5) is 23.7. The fourth-order valence-electron chi connectivity index (χ4n) is 3.84. The van der Waals surface area contributed by atoms with Crippen LogP contribution in [0.1, 0.15) is 27.2 Å². The van der Waals surface area contributed by atoms with Crippen molar-refractivity contribution in [3.8, 4) is 0 Å². The molecule has 0 aromatic rings. The monoisotopic (exact) mass is 262 g/mol. The van der Waals surface area contributed by atoms with Crippen LogP contribution in [0.3, 0.4) is 0 Å². The third-order valence-electron chi connectivity index (χ3n) is 4.90. The molecule has 2 aliphatic carbocycles. The van der Waals surface area contributed by atoms with E-state index in [1.807, 2.05) is 13.0 Å². The molecule has 0 amide bonds. The number of ether oxygens (including phenoxy) is 1. The minimum absolute atomic E-state index is 0.0294. The van der Waals surface area contributed by atoms with Gasteiger partial charge < -0.3 is 9.84 Å². The Kier molecular flexibility index (Phi) is 2.52. The summed E-state index contributed by atoms with van der Waals surface area (Å²) in [5, 5.41) is 10.4. The molecule has 0 radical (unpaired) electrons. The number of esters is 1. The van der Waals surface area contributed by atoms with Gasteiger partial charge in [0.15, 0.2) is 5.78 Å². The van der Waals surface area contributed by atoms with Gasteiger partial charge in [-0.1, -0.05) is 19.9 Å².